The van der Waals surface area contributed by atoms with Crippen molar-refractivity contribution in [2.75, 3.05) is 12.4 Å². The largest absolute Gasteiger partial charge is 0.481 e. The summed E-state index contributed by atoms with van der Waals surface area (Å²) in [5.74, 6) is 1.27. The summed E-state index contributed by atoms with van der Waals surface area (Å²) < 4.78 is 5.06. The van der Waals surface area contributed by atoms with Crippen LogP contribution in [-0.4, -0.2) is 17.1 Å². The summed E-state index contributed by atoms with van der Waals surface area (Å²) >= 11 is 0. The number of nitrogens with zero attached hydrogens (tertiary/aromatic N) is 3. The first kappa shape index (κ1) is 12.8. The predicted octanol–water partition coefficient (Wildman–Crippen LogP) is 2.28. The van der Waals surface area contributed by atoms with Crippen LogP contribution in [0.25, 0.3) is 0 Å². The maximum absolute atomic E-state index is 8.91. The van der Waals surface area contributed by atoms with E-state index in [2.05, 4.69) is 21.4 Å². The van der Waals surface area contributed by atoms with Gasteiger partial charge >= 0.3 is 0 Å². The molecule has 0 unspecified atom stereocenters. The molecule has 0 aliphatic carbocycles. The molecular weight excluding hydrogens is 240 g/mol. The van der Waals surface area contributed by atoms with Crippen molar-refractivity contribution in [1.29, 1.82) is 5.26 Å². The Hall–Kier alpha value is -2.61. The lowest BCUT2D eigenvalue weighted by Gasteiger charge is -2.07. The highest BCUT2D eigenvalue weighted by Crippen LogP contribution is 2.13. The molecule has 0 aromatic carbocycles. The monoisotopic (exact) mass is 254 g/mol. The molecular formula is C14H14N4O. The molecule has 2 heterocycles. The first-order chi connectivity index (χ1) is 9.21. The zero-order valence-electron chi connectivity index (χ0n) is 10.8. The number of methoxy groups -OCH3 is 1. The van der Waals surface area contributed by atoms with Crippen LogP contribution in [0.2, 0.25) is 0 Å². The number of ether oxygens (including phenoxy) is 1. The summed E-state index contributed by atoms with van der Waals surface area (Å²) in [6.45, 7) is 2.46. The van der Waals surface area contributed by atoms with E-state index in [0.717, 1.165) is 11.3 Å². The maximum atomic E-state index is 8.91. The molecule has 0 radical (unpaired) electrons. The van der Waals surface area contributed by atoms with Crippen LogP contribution in [0.15, 0.2) is 30.5 Å². The zero-order chi connectivity index (χ0) is 13.7. The molecule has 5 nitrogen and oxygen atoms in total. The zero-order valence-corrected chi connectivity index (χ0v) is 10.8. The van der Waals surface area contributed by atoms with Gasteiger partial charge in [0, 0.05) is 24.5 Å². The van der Waals surface area contributed by atoms with Crippen LogP contribution in [0.1, 0.15) is 16.8 Å². The molecule has 0 saturated heterocycles. The normalized spacial score (nSPS) is 9.74. The van der Waals surface area contributed by atoms with Gasteiger partial charge in [-0.1, -0.05) is 0 Å². The number of anilines is 1. The van der Waals surface area contributed by atoms with Crippen LogP contribution >= 0.6 is 0 Å². The van der Waals surface area contributed by atoms with E-state index in [-0.39, 0.29) is 0 Å². The van der Waals surface area contributed by atoms with Gasteiger partial charge in [0.05, 0.1) is 18.7 Å². The van der Waals surface area contributed by atoms with Gasteiger partial charge < -0.3 is 10.1 Å². The Balaban J connectivity index is 2.10. The minimum atomic E-state index is 0.578. The molecule has 2 aromatic heterocycles. The van der Waals surface area contributed by atoms with Crippen molar-refractivity contribution in [3.8, 4) is 11.9 Å². The van der Waals surface area contributed by atoms with Crippen LogP contribution in [0, 0.1) is 18.3 Å². The Labute approximate surface area is 111 Å². The van der Waals surface area contributed by atoms with E-state index < -0.39 is 0 Å². The van der Waals surface area contributed by atoms with Crippen molar-refractivity contribution < 1.29 is 4.74 Å². The van der Waals surface area contributed by atoms with Gasteiger partial charge in [0.25, 0.3) is 0 Å². The van der Waals surface area contributed by atoms with E-state index >= 15 is 0 Å². The standard InChI is InChI=1S/C14H14N4O/c1-10-5-12(8-15)6-13(18-10)17-9-11-3-4-16-14(7-11)19-2/h3-7H,9H2,1-2H3,(H,17,18). The van der Waals surface area contributed by atoms with Gasteiger partial charge in [0.1, 0.15) is 5.82 Å². The van der Waals surface area contributed by atoms with E-state index in [0.29, 0.717) is 23.8 Å². The van der Waals surface area contributed by atoms with E-state index in [4.69, 9.17) is 10.00 Å². The van der Waals surface area contributed by atoms with Crippen LogP contribution in [0.3, 0.4) is 0 Å². The van der Waals surface area contributed by atoms with E-state index in [1.54, 1.807) is 25.4 Å². The van der Waals surface area contributed by atoms with E-state index in [1.165, 1.54) is 0 Å². The third kappa shape index (κ3) is 3.42. The molecule has 0 fully saturated rings. The fraction of sp³-hybridized carbons (Fsp3) is 0.214. The van der Waals surface area contributed by atoms with Gasteiger partial charge in [-0.05, 0) is 30.7 Å². The fourth-order valence-electron chi connectivity index (χ4n) is 1.69. The van der Waals surface area contributed by atoms with Crippen molar-refractivity contribution in [3.63, 3.8) is 0 Å². The summed E-state index contributed by atoms with van der Waals surface area (Å²) in [6, 6.07) is 9.35. The molecule has 2 aromatic rings. The Kier molecular flexibility index (Phi) is 3.94. The van der Waals surface area contributed by atoms with Gasteiger partial charge in [0.2, 0.25) is 5.88 Å². The highest BCUT2D eigenvalue weighted by Gasteiger charge is 2.01. The second-order valence-electron chi connectivity index (χ2n) is 4.05. The van der Waals surface area contributed by atoms with Crippen molar-refractivity contribution in [1.82, 2.24) is 9.97 Å². The first-order valence-corrected chi connectivity index (χ1v) is 5.83. The molecule has 0 amide bonds. The number of aryl methyl sites for hydroxylation is 1. The quantitative estimate of drug-likeness (QED) is 0.906. The third-order valence-electron chi connectivity index (χ3n) is 2.56. The number of nitriles is 1. The van der Waals surface area contributed by atoms with E-state index in [1.807, 2.05) is 19.1 Å². The van der Waals surface area contributed by atoms with Gasteiger partial charge in [-0.15, -0.1) is 0 Å². The number of aromatic nitrogens is 2. The molecule has 0 aliphatic heterocycles. The van der Waals surface area contributed by atoms with Crippen LogP contribution in [-0.2, 0) is 6.54 Å². The van der Waals surface area contributed by atoms with Crippen molar-refractivity contribution in [2.45, 2.75) is 13.5 Å². The summed E-state index contributed by atoms with van der Waals surface area (Å²) in [7, 11) is 1.58. The summed E-state index contributed by atoms with van der Waals surface area (Å²) in [5, 5.41) is 12.1. The smallest absolute Gasteiger partial charge is 0.213 e. The molecule has 0 aliphatic rings. The molecule has 19 heavy (non-hydrogen) atoms. The SMILES string of the molecule is COc1cc(CNc2cc(C#N)cc(C)n2)ccn1. The lowest BCUT2D eigenvalue weighted by Crippen LogP contribution is -2.03. The molecule has 2 rings (SSSR count). The van der Waals surface area contributed by atoms with Crippen LogP contribution < -0.4 is 10.1 Å². The van der Waals surface area contributed by atoms with Gasteiger partial charge in [-0.25, -0.2) is 9.97 Å². The summed E-state index contributed by atoms with van der Waals surface area (Å²) in [6.07, 6.45) is 1.69. The molecule has 1 N–H and O–H groups in total. The Morgan fingerprint density at radius 2 is 2.21 bits per heavy atom. The van der Waals surface area contributed by atoms with Crippen LogP contribution in [0.4, 0.5) is 5.82 Å². The third-order valence-corrected chi connectivity index (χ3v) is 2.56. The number of nitrogens with one attached hydrogen (secondary N) is 1. The Bertz CT molecular complexity index is 619. The lowest BCUT2D eigenvalue weighted by atomic mass is 10.2. The highest BCUT2D eigenvalue weighted by atomic mass is 16.5. The minimum Gasteiger partial charge on any atom is -0.481 e. The van der Waals surface area contributed by atoms with Crippen molar-refractivity contribution >= 4 is 5.82 Å². The lowest BCUT2D eigenvalue weighted by molar-refractivity contribution is 0.397. The van der Waals surface area contributed by atoms with Crippen LogP contribution in [0.5, 0.6) is 5.88 Å². The first-order valence-electron chi connectivity index (χ1n) is 5.83. The number of pyridine rings is 2. The maximum Gasteiger partial charge on any atom is 0.213 e. The molecule has 0 spiro atoms. The number of rotatable bonds is 4. The average molecular weight is 254 g/mol. The Morgan fingerprint density at radius 3 is 2.95 bits per heavy atom. The number of hydrogen-bond acceptors (Lipinski definition) is 5. The summed E-state index contributed by atoms with van der Waals surface area (Å²) in [4.78, 5) is 8.38. The second-order valence-corrected chi connectivity index (χ2v) is 4.05. The predicted molar refractivity (Wildman–Crippen MR) is 71.8 cm³/mol. The number of hydrogen-bond donors (Lipinski definition) is 1. The fourth-order valence-corrected chi connectivity index (χ4v) is 1.69. The van der Waals surface area contributed by atoms with Crippen molar-refractivity contribution in [2.24, 2.45) is 0 Å². The molecule has 0 bridgehead atoms. The van der Waals surface area contributed by atoms with Gasteiger partial charge in [0.15, 0.2) is 0 Å². The minimum absolute atomic E-state index is 0.578. The van der Waals surface area contributed by atoms with E-state index in [9.17, 15) is 0 Å². The van der Waals surface area contributed by atoms with Gasteiger partial charge in [-0.2, -0.15) is 5.26 Å². The average Bonchev–Trinajstić information content (AvgIpc) is 2.44. The summed E-state index contributed by atoms with van der Waals surface area (Å²) in [5.41, 5.74) is 2.45. The Morgan fingerprint density at radius 1 is 1.37 bits per heavy atom. The molecule has 5 heteroatoms. The molecule has 0 atom stereocenters. The molecule has 96 valence electrons. The highest BCUT2D eigenvalue weighted by molar-refractivity contribution is 5.44. The van der Waals surface area contributed by atoms with Crippen molar-refractivity contribution in [3.05, 3.63) is 47.3 Å². The van der Waals surface area contributed by atoms with Gasteiger partial charge in [-0.3, -0.25) is 0 Å². The molecule has 0 saturated carbocycles. The second kappa shape index (κ2) is 5.83. The topological polar surface area (TPSA) is 70.8 Å².